The summed E-state index contributed by atoms with van der Waals surface area (Å²) in [5.41, 5.74) is 3.94. The Morgan fingerprint density at radius 2 is 0.865 bits per heavy atom. The average molecular weight is 1050 g/mol. The lowest BCUT2D eigenvalue weighted by atomic mass is 9.83. The number of aromatic nitrogens is 2. The molecule has 3 saturated heterocycles. The van der Waals surface area contributed by atoms with E-state index in [1.165, 1.54) is 22.7 Å². The van der Waals surface area contributed by atoms with Crippen molar-refractivity contribution in [2.24, 2.45) is 11.8 Å². The van der Waals surface area contributed by atoms with Crippen LogP contribution in [0.2, 0.25) is 0 Å². The highest BCUT2D eigenvalue weighted by molar-refractivity contribution is 7.10. The van der Waals surface area contributed by atoms with E-state index in [4.69, 9.17) is 9.97 Å². The zero-order chi connectivity index (χ0) is 51.9. The Morgan fingerprint density at radius 3 is 1.22 bits per heavy atom. The molecule has 2 aromatic heterocycles. The zero-order valence-corrected chi connectivity index (χ0v) is 45.1. The molecule has 6 atom stereocenters. The molecule has 4 N–H and O–H groups in total. The maximum absolute atomic E-state index is 14.3. The summed E-state index contributed by atoms with van der Waals surface area (Å²) in [5.74, 6) is -0.536. The third-order valence-electron chi connectivity index (χ3n) is 16.4. The number of anilines is 2. The highest BCUT2D eigenvalue weighted by Gasteiger charge is 2.42. The number of likely N-dealkylation sites (tertiary alicyclic amines) is 2. The minimum absolute atomic E-state index is 0.0469. The number of nitrogens with zero attached hydrogens (tertiary/aromatic N) is 6. The molecule has 5 fully saturated rings. The number of thiazole rings is 2. The fourth-order valence-electron chi connectivity index (χ4n) is 11.7. The summed E-state index contributed by atoms with van der Waals surface area (Å²) in [4.78, 5) is 100. The van der Waals surface area contributed by atoms with Gasteiger partial charge in [0, 0.05) is 72.5 Å². The second-order valence-corrected chi connectivity index (χ2v) is 22.8. The number of carbonyl (C=O) groups excluding carboxylic acids is 6. The summed E-state index contributed by atoms with van der Waals surface area (Å²) in [6, 6.07) is 13.0. The monoisotopic (exact) mass is 1050 g/mol. The fourth-order valence-corrected chi connectivity index (χ4v) is 13.6. The molecule has 0 bridgehead atoms. The second kappa shape index (κ2) is 24.4. The average Bonchev–Trinajstić information content (AvgIpc) is 4.32. The Hall–Kier alpha value is -5.56. The summed E-state index contributed by atoms with van der Waals surface area (Å²) >= 11 is 2.84. The van der Waals surface area contributed by atoms with E-state index in [0.717, 1.165) is 137 Å². The van der Waals surface area contributed by atoms with Crippen LogP contribution in [0.5, 0.6) is 0 Å². The number of piperazine rings is 1. The maximum Gasteiger partial charge on any atom is 0.246 e. The second-order valence-electron chi connectivity index (χ2n) is 21.0. The summed E-state index contributed by atoms with van der Waals surface area (Å²) in [5, 5.41) is 17.3. The van der Waals surface area contributed by atoms with Crippen LogP contribution in [-0.2, 0) is 19.2 Å². The molecule has 18 heteroatoms. The molecule has 396 valence electrons. The van der Waals surface area contributed by atoms with Crippen molar-refractivity contribution >= 4 is 69.2 Å². The number of rotatable bonds is 18. The molecule has 16 nitrogen and oxygen atoms in total. The molecule has 74 heavy (non-hydrogen) atoms. The molecule has 2 aliphatic carbocycles. The van der Waals surface area contributed by atoms with E-state index >= 15 is 0 Å². The molecule has 0 unspecified atom stereocenters. The van der Waals surface area contributed by atoms with Gasteiger partial charge < -0.3 is 40.9 Å². The van der Waals surface area contributed by atoms with Crippen molar-refractivity contribution in [3.63, 3.8) is 0 Å². The molecule has 2 aromatic carbocycles. The van der Waals surface area contributed by atoms with Crippen molar-refractivity contribution in [3.8, 4) is 0 Å². The van der Waals surface area contributed by atoms with Gasteiger partial charge in [-0.3, -0.25) is 28.8 Å². The van der Waals surface area contributed by atoms with Gasteiger partial charge in [-0.25, -0.2) is 9.97 Å². The van der Waals surface area contributed by atoms with Gasteiger partial charge in [0.25, 0.3) is 0 Å². The first kappa shape index (κ1) is 53.3. The van der Waals surface area contributed by atoms with Crippen LogP contribution in [0.1, 0.15) is 158 Å². The summed E-state index contributed by atoms with van der Waals surface area (Å²) in [7, 11) is 3.49. The fraction of sp³-hybridized carbons (Fsp3) is 0.571. The number of ketones is 2. The minimum Gasteiger partial charge on any atom is -0.368 e. The number of likely N-dealkylation sites (N-methyl/N-ethyl adjacent to an activating group) is 2. The Bertz CT molecular complexity index is 2420. The highest BCUT2D eigenvalue weighted by atomic mass is 32.1. The molecule has 5 aliphatic rings. The van der Waals surface area contributed by atoms with Gasteiger partial charge in [0.05, 0.1) is 24.2 Å². The number of nitrogens with one attached hydrogen (secondary N) is 4. The van der Waals surface area contributed by atoms with Crippen LogP contribution in [0.3, 0.4) is 0 Å². The first-order valence-electron chi connectivity index (χ1n) is 27.2. The maximum atomic E-state index is 14.3. The third kappa shape index (κ3) is 11.9. The lowest BCUT2D eigenvalue weighted by Gasteiger charge is -2.37. The van der Waals surface area contributed by atoms with Gasteiger partial charge in [0.1, 0.15) is 33.5 Å². The predicted molar refractivity (Wildman–Crippen MR) is 290 cm³/mol. The number of hydrogen-bond donors (Lipinski definition) is 4. The van der Waals surface area contributed by atoms with Crippen molar-refractivity contribution in [1.82, 2.24) is 41.0 Å². The molecule has 0 radical (unpaired) electrons. The Morgan fingerprint density at radius 1 is 0.500 bits per heavy atom. The first-order valence-corrected chi connectivity index (χ1v) is 28.9. The van der Waals surface area contributed by atoms with E-state index in [9.17, 15) is 28.8 Å². The Kier molecular flexibility index (Phi) is 17.6. The van der Waals surface area contributed by atoms with Crippen molar-refractivity contribution in [2.75, 3.05) is 63.2 Å². The van der Waals surface area contributed by atoms with Gasteiger partial charge in [0.15, 0.2) is 0 Å². The lowest BCUT2D eigenvalue weighted by molar-refractivity contribution is -0.139. The first-order chi connectivity index (χ1) is 35.9. The van der Waals surface area contributed by atoms with Gasteiger partial charge in [-0.1, -0.05) is 38.5 Å². The molecular formula is C56H74N10O6S2. The van der Waals surface area contributed by atoms with Crippen LogP contribution in [0.15, 0.2) is 59.3 Å². The normalized spacial score (nSPS) is 21.5. The number of benzene rings is 2. The van der Waals surface area contributed by atoms with Crippen molar-refractivity contribution < 1.29 is 28.8 Å². The van der Waals surface area contributed by atoms with E-state index in [0.29, 0.717) is 35.6 Å². The zero-order valence-electron chi connectivity index (χ0n) is 43.5. The van der Waals surface area contributed by atoms with Crippen molar-refractivity contribution in [2.45, 2.75) is 140 Å². The van der Waals surface area contributed by atoms with Crippen LogP contribution < -0.4 is 31.1 Å². The summed E-state index contributed by atoms with van der Waals surface area (Å²) in [6.07, 6.45) is 13.4. The standard InChI is InChI=1S/C56H74N10O6S2/c1-35(57-3)51(69)61-47(37-13-7-5-8-14-37)55(71)65-27-11-17-45(65)53-59-43(33-73-53)49(67)39-19-23-41(24-20-39)63-29-31-64(32-30-63)42-25-21-40(22-26-42)50(68)44-34-74-54(60-44)46-18-12-28-66(46)56(72)48(38-15-9-6-10-16-38)62-52(70)36(2)58-4/h19-26,33-38,45-48,57-58H,5-18,27-32H2,1-4H3,(H,61,69)(H,62,70)/t35-,36-,45-,46-,47-,48-/m0/s1. The third-order valence-corrected chi connectivity index (χ3v) is 18.3. The quantitative estimate of drug-likeness (QED) is 0.0744. The number of amides is 4. The predicted octanol–water partition coefficient (Wildman–Crippen LogP) is 7.06. The minimum atomic E-state index is -0.575. The molecule has 5 heterocycles. The van der Waals surface area contributed by atoms with Gasteiger partial charge in [-0.2, -0.15) is 0 Å². The summed E-state index contributed by atoms with van der Waals surface area (Å²) in [6.45, 7) is 7.93. The summed E-state index contributed by atoms with van der Waals surface area (Å²) < 4.78 is 0. The molecule has 4 amide bonds. The number of carbonyl (C=O) groups is 6. The lowest BCUT2D eigenvalue weighted by Crippen LogP contribution is -2.55. The molecule has 0 spiro atoms. The largest absolute Gasteiger partial charge is 0.368 e. The van der Waals surface area contributed by atoms with E-state index in [1.807, 2.05) is 58.3 Å². The Balaban J connectivity index is 0.773. The van der Waals surface area contributed by atoms with Crippen LogP contribution in [0.25, 0.3) is 0 Å². The molecule has 4 aromatic rings. The molecule has 3 aliphatic heterocycles. The van der Waals surface area contributed by atoms with Crippen LogP contribution >= 0.6 is 22.7 Å². The van der Waals surface area contributed by atoms with Gasteiger partial charge in [-0.05, 0) is 140 Å². The van der Waals surface area contributed by atoms with Crippen LogP contribution in [0.4, 0.5) is 11.4 Å². The van der Waals surface area contributed by atoms with E-state index < -0.39 is 24.2 Å². The van der Waals surface area contributed by atoms with E-state index in [1.54, 1.807) is 38.7 Å². The molecule has 2 saturated carbocycles. The van der Waals surface area contributed by atoms with Gasteiger partial charge in [-0.15, -0.1) is 22.7 Å². The number of hydrogen-bond acceptors (Lipinski definition) is 14. The Labute approximate surface area is 443 Å². The molecule has 9 rings (SSSR count). The van der Waals surface area contributed by atoms with E-state index in [2.05, 4.69) is 31.1 Å². The van der Waals surface area contributed by atoms with Gasteiger partial charge in [0.2, 0.25) is 35.2 Å². The van der Waals surface area contributed by atoms with E-state index in [-0.39, 0.29) is 59.1 Å². The highest BCUT2D eigenvalue weighted by Crippen LogP contribution is 2.39. The smallest absolute Gasteiger partial charge is 0.246 e. The molecular weight excluding hydrogens is 973 g/mol. The SMILES string of the molecule is CN[C@@H](C)C(=O)N[C@H](C(=O)N1CCC[C@H]1c1nc(C(=O)c2ccc(N3CCN(c4ccc(C(=O)c5csc([C@@H]6CCCN6C(=O)[C@@H](NC(=O)[C@H](C)NC)C6CCCCC6)n5)cc4)CC3)cc2)cs1)C1CCCCC1. The van der Waals surface area contributed by atoms with Crippen molar-refractivity contribution in [3.05, 3.63) is 91.8 Å². The topological polar surface area (TPSA) is 189 Å². The van der Waals surface area contributed by atoms with Gasteiger partial charge >= 0.3 is 0 Å². The van der Waals surface area contributed by atoms with Crippen LogP contribution in [-0.4, -0.2) is 132 Å². The van der Waals surface area contributed by atoms with Crippen LogP contribution in [0, 0.1) is 11.8 Å². The van der Waals surface area contributed by atoms with Crippen molar-refractivity contribution in [1.29, 1.82) is 0 Å².